The lowest BCUT2D eigenvalue weighted by Gasteiger charge is -2.34. The van der Waals surface area contributed by atoms with E-state index in [0.29, 0.717) is 35.2 Å². The first kappa shape index (κ1) is 20.2. The molecule has 9 heteroatoms. The molecule has 0 saturated carbocycles. The van der Waals surface area contributed by atoms with Crippen molar-refractivity contribution < 1.29 is 22.7 Å². The molecule has 1 fully saturated rings. The van der Waals surface area contributed by atoms with E-state index < -0.39 is 16.1 Å². The highest BCUT2D eigenvalue weighted by molar-refractivity contribution is 7.91. The molecule has 156 valence electrons. The average molecular weight is 437 g/mol. The van der Waals surface area contributed by atoms with E-state index in [1.165, 1.54) is 11.3 Å². The van der Waals surface area contributed by atoms with Gasteiger partial charge in [0, 0.05) is 19.1 Å². The van der Waals surface area contributed by atoms with Crippen molar-refractivity contribution in [1.29, 1.82) is 0 Å². The molecule has 2 aliphatic heterocycles. The van der Waals surface area contributed by atoms with E-state index >= 15 is 0 Å². The van der Waals surface area contributed by atoms with Crippen LogP contribution in [0.4, 0.5) is 0 Å². The van der Waals surface area contributed by atoms with Gasteiger partial charge in [0.15, 0.2) is 11.5 Å². The fourth-order valence-electron chi connectivity index (χ4n) is 3.73. The van der Waals surface area contributed by atoms with Crippen LogP contribution in [0, 0.1) is 0 Å². The van der Waals surface area contributed by atoms with Gasteiger partial charge in [-0.15, -0.1) is 11.3 Å². The van der Waals surface area contributed by atoms with Crippen LogP contribution >= 0.6 is 11.3 Å². The number of benzene rings is 1. The number of nitrogens with zero attached hydrogens (tertiary/aromatic N) is 1. The molecule has 1 N–H and O–H groups in total. The number of carbonyl (C=O) groups is 1. The number of nitrogens with one attached hydrogen (secondary N) is 1. The molecule has 0 spiro atoms. The standard InChI is InChI=1S/C20H24N2O5S2/c23-20(18-14-26-16-7-1-2-8-17(16)27-18)21-11-10-15-6-3-4-12-22(15)29(24,25)19-9-5-13-28-19/h1-2,5,7-9,13,15,18H,3-4,6,10-12,14H2,(H,21,23). The molecule has 2 atom stereocenters. The molecular formula is C20H24N2O5S2. The summed E-state index contributed by atoms with van der Waals surface area (Å²) in [7, 11) is -3.48. The highest BCUT2D eigenvalue weighted by Gasteiger charge is 2.34. The van der Waals surface area contributed by atoms with Crippen LogP contribution in [0.15, 0.2) is 46.0 Å². The number of ether oxygens (including phenoxy) is 2. The number of thiophene rings is 1. The van der Waals surface area contributed by atoms with E-state index in [0.717, 1.165) is 19.3 Å². The number of piperidine rings is 1. The minimum Gasteiger partial charge on any atom is -0.485 e. The van der Waals surface area contributed by atoms with E-state index in [4.69, 9.17) is 9.47 Å². The molecule has 1 aromatic heterocycles. The molecule has 2 aromatic rings. The fraction of sp³-hybridized carbons (Fsp3) is 0.450. The molecular weight excluding hydrogens is 412 g/mol. The molecule has 4 rings (SSSR count). The normalized spacial score (nSPS) is 22.2. The number of para-hydroxylation sites is 2. The van der Waals surface area contributed by atoms with Crippen LogP contribution in [0.5, 0.6) is 11.5 Å². The number of fused-ring (bicyclic) bond motifs is 1. The van der Waals surface area contributed by atoms with Crippen molar-refractivity contribution in [1.82, 2.24) is 9.62 Å². The van der Waals surface area contributed by atoms with Gasteiger partial charge in [0.1, 0.15) is 10.8 Å². The van der Waals surface area contributed by atoms with Crippen molar-refractivity contribution in [2.24, 2.45) is 0 Å². The van der Waals surface area contributed by atoms with Gasteiger partial charge >= 0.3 is 0 Å². The molecule has 0 bridgehead atoms. The number of sulfonamides is 1. The lowest BCUT2D eigenvalue weighted by atomic mass is 10.0. The SMILES string of the molecule is O=C(NCCC1CCCCN1S(=O)(=O)c1cccs1)C1COc2ccccc2O1. The number of carbonyl (C=O) groups excluding carboxylic acids is 1. The molecule has 1 aromatic carbocycles. The molecule has 2 unspecified atom stereocenters. The molecule has 29 heavy (non-hydrogen) atoms. The minimum absolute atomic E-state index is 0.111. The number of rotatable bonds is 6. The predicted molar refractivity (Wildman–Crippen MR) is 110 cm³/mol. The van der Waals surface area contributed by atoms with Crippen molar-refractivity contribution in [2.75, 3.05) is 19.7 Å². The maximum absolute atomic E-state index is 12.9. The summed E-state index contributed by atoms with van der Waals surface area (Å²) in [6, 6.07) is 10.5. The van der Waals surface area contributed by atoms with E-state index in [9.17, 15) is 13.2 Å². The Balaban J connectivity index is 1.33. The summed E-state index contributed by atoms with van der Waals surface area (Å²) in [6.45, 7) is 1.07. The van der Waals surface area contributed by atoms with Gasteiger partial charge in [-0.05, 0) is 42.8 Å². The van der Waals surface area contributed by atoms with Gasteiger partial charge in [-0.25, -0.2) is 8.42 Å². The van der Waals surface area contributed by atoms with Gasteiger partial charge < -0.3 is 14.8 Å². The zero-order valence-electron chi connectivity index (χ0n) is 16.0. The fourth-order valence-corrected chi connectivity index (χ4v) is 6.57. The largest absolute Gasteiger partial charge is 0.485 e. The summed E-state index contributed by atoms with van der Waals surface area (Å²) < 4.78 is 39.1. The average Bonchev–Trinajstić information content (AvgIpc) is 3.29. The Morgan fingerprint density at radius 3 is 2.79 bits per heavy atom. The second-order valence-corrected chi connectivity index (χ2v) is 10.2. The second-order valence-electron chi connectivity index (χ2n) is 7.14. The first-order valence-electron chi connectivity index (χ1n) is 9.77. The van der Waals surface area contributed by atoms with E-state index in [2.05, 4.69) is 5.32 Å². The third-order valence-corrected chi connectivity index (χ3v) is 8.53. The summed E-state index contributed by atoms with van der Waals surface area (Å²) in [6.07, 6.45) is 2.52. The summed E-state index contributed by atoms with van der Waals surface area (Å²) >= 11 is 1.24. The van der Waals surface area contributed by atoms with Crippen LogP contribution in [-0.4, -0.2) is 50.5 Å². The van der Waals surface area contributed by atoms with E-state index in [-0.39, 0.29) is 18.6 Å². The maximum atomic E-state index is 12.9. The summed E-state index contributed by atoms with van der Waals surface area (Å²) in [5, 5.41) is 4.65. The Bertz CT molecular complexity index is 946. The molecule has 1 saturated heterocycles. The van der Waals surface area contributed by atoms with E-state index in [1.807, 2.05) is 12.1 Å². The van der Waals surface area contributed by atoms with Crippen molar-refractivity contribution in [3.63, 3.8) is 0 Å². The maximum Gasteiger partial charge on any atom is 0.264 e. The monoisotopic (exact) mass is 436 g/mol. The van der Waals surface area contributed by atoms with Crippen molar-refractivity contribution in [3.8, 4) is 11.5 Å². The van der Waals surface area contributed by atoms with Crippen LogP contribution in [0.3, 0.4) is 0 Å². The minimum atomic E-state index is -3.48. The summed E-state index contributed by atoms with van der Waals surface area (Å²) in [5.74, 6) is 0.940. The quantitative estimate of drug-likeness (QED) is 0.753. The zero-order valence-corrected chi connectivity index (χ0v) is 17.6. The molecule has 1 amide bonds. The van der Waals surface area contributed by atoms with Crippen molar-refractivity contribution in [3.05, 3.63) is 41.8 Å². The Kier molecular flexibility index (Phi) is 6.07. The zero-order chi connectivity index (χ0) is 20.3. The van der Waals surface area contributed by atoms with Gasteiger partial charge in [0.2, 0.25) is 6.10 Å². The third kappa shape index (κ3) is 4.41. The van der Waals surface area contributed by atoms with Crippen LogP contribution < -0.4 is 14.8 Å². The lowest BCUT2D eigenvalue weighted by molar-refractivity contribution is -0.130. The highest BCUT2D eigenvalue weighted by Crippen LogP contribution is 2.31. The van der Waals surface area contributed by atoms with Gasteiger partial charge in [-0.2, -0.15) is 4.31 Å². The number of amides is 1. The summed E-state index contributed by atoms with van der Waals surface area (Å²) in [5.41, 5.74) is 0. The van der Waals surface area contributed by atoms with Gasteiger partial charge in [-0.1, -0.05) is 24.6 Å². The molecule has 0 radical (unpaired) electrons. The van der Waals surface area contributed by atoms with Crippen LogP contribution in [-0.2, 0) is 14.8 Å². The lowest BCUT2D eigenvalue weighted by Crippen LogP contribution is -2.47. The van der Waals surface area contributed by atoms with Crippen LogP contribution in [0.2, 0.25) is 0 Å². The Labute approximate surface area is 174 Å². The van der Waals surface area contributed by atoms with Gasteiger partial charge in [-0.3, -0.25) is 4.79 Å². The molecule has 2 aliphatic rings. The van der Waals surface area contributed by atoms with Crippen LogP contribution in [0.25, 0.3) is 0 Å². The molecule has 0 aliphatic carbocycles. The summed E-state index contributed by atoms with van der Waals surface area (Å²) in [4.78, 5) is 12.5. The first-order valence-corrected chi connectivity index (χ1v) is 12.1. The number of hydrogen-bond acceptors (Lipinski definition) is 6. The topological polar surface area (TPSA) is 84.9 Å². The van der Waals surface area contributed by atoms with Gasteiger partial charge in [0.05, 0.1) is 0 Å². The Hall–Kier alpha value is -2.10. The van der Waals surface area contributed by atoms with Gasteiger partial charge in [0.25, 0.3) is 15.9 Å². The molecule has 3 heterocycles. The predicted octanol–water partition coefficient (Wildman–Crippen LogP) is 2.64. The highest BCUT2D eigenvalue weighted by atomic mass is 32.2. The van der Waals surface area contributed by atoms with Crippen LogP contribution in [0.1, 0.15) is 25.7 Å². The second kappa shape index (κ2) is 8.73. The van der Waals surface area contributed by atoms with Crippen molar-refractivity contribution in [2.45, 2.75) is 42.0 Å². The Morgan fingerprint density at radius 1 is 1.17 bits per heavy atom. The smallest absolute Gasteiger partial charge is 0.264 e. The third-order valence-electron chi connectivity index (χ3n) is 5.21. The molecule has 7 nitrogen and oxygen atoms in total. The number of hydrogen-bond donors (Lipinski definition) is 1. The Morgan fingerprint density at radius 2 is 2.00 bits per heavy atom. The van der Waals surface area contributed by atoms with E-state index in [1.54, 1.807) is 34.0 Å². The van der Waals surface area contributed by atoms with Crippen molar-refractivity contribution >= 4 is 27.3 Å². The first-order chi connectivity index (χ1) is 14.1.